The maximum atomic E-state index is 8.54. The summed E-state index contributed by atoms with van der Waals surface area (Å²) < 4.78 is 0. The van der Waals surface area contributed by atoms with E-state index in [2.05, 4.69) is 21.3 Å². The molecule has 0 aliphatic heterocycles. The number of aromatic nitrogens is 3. The van der Waals surface area contributed by atoms with E-state index >= 15 is 0 Å². The monoisotopic (exact) mass is 198 g/mol. The first-order valence-corrected chi connectivity index (χ1v) is 4.71. The van der Waals surface area contributed by atoms with Crippen LogP contribution in [0.25, 0.3) is 11.3 Å². The fourth-order valence-corrected chi connectivity index (χ4v) is 1.46. The summed E-state index contributed by atoms with van der Waals surface area (Å²) >= 11 is 0. The van der Waals surface area contributed by atoms with E-state index in [1.54, 1.807) is 18.6 Å². The van der Waals surface area contributed by atoms with E-state index in [9.17, 15) is 0 Å². The molecule has 4 heteroatoms. The molecule has 2 heterocycles. The van der Waals surface area contributed by atoms with Crippen molar-refractivity contribution in [3.8, 4) is 17.3 Å². The van der Waals surface area contributed by atoms with Crippen LogP contribution in [-0.2, 0) is 6.42 Å². The van der Waals surface area contributed by atoms with Crippen molar-refractivity contribution >= 4 is 0 Å². The number of aryl methyl sites for hydroxylation is 1. The van der Waals surface area contributed by atoms with Gasteiger partial charge in [-0.1, -0.05) is 0 Å². The second-order valence-corrected chi connectivity index (χ2v) is 3.16. The van der Waals surface area contributed by atoms with Crippen molar-refractivity contribution in [1.82, 2.24) is 15.2 Å². The summed E-state index contributed by atoms with van der Waals surface area (Å²) in [6, 6.07) is 5.97. The smallest absolute Gasteiger partial charge is 0.0683 e. The second-order valence-electron chi connectivity index (χ2n) is 3.16. The topological polar surface area (TPSA) is 65.4 Å². The van der Waals surface area contributed by atoms with Gasteiger partial charge in [0.25, 0.3) is 0 Å². The van der Waals surface area contributed by atoms with Crippen molar-refractivity contribution < 1.29 is 0 Å². The molecule has 0 saturated carbocycles. The van der Waals surface area contributed by atoms with Crippen molar-refractivity contribution in [2.75, 3.05) is 0 Å². The molecule has 15 heavy (non-hydrogen) atoms. The summed E-state index contributed by atoms with van der Waals surface area (Å²) in [5.74, 6) is 0. The SMILES string of the molecule is N#CCCc1cn[nH]c1-c1ccncc1. The van der Waals surface area contributed by atoms with Crippen LogP contribution in [0.5, 0.6) is 0 Å². The lowest BCUT2D eigenvalue weighted by molar-refractivity contribution is 1.01. The van der Waals surface area contributed by atoms with Crippen molar-refractivity contribution in [3.63, 3.8) is 0 Å². The highest BCUT2D eigenvalue weighted by atomic mass is 15.1. The number of hydrogen-bond donors (Lipinski definition) is 1. The average molecular weight is 198 g/mol. The zero-order valence-electron chi connectivity index (χ0n) is 8.14. The van der Waals surface area contributed by atoms with Crippen LogP contribution >= 0.6 is 0 Å². The fourth-order valence-electron chi connectivity index (χ4n) is 1.46. The van der Waals surface area contributed by atoms with Crippen molar-refractivity contribution in [3.05, 3.63) is 36.3 Å². The van der Waals surface area contributed by atoms with Crippen LogP contribution in [0, 0.1) is 11.3 Å². The van der Waals surface area contributed by atoms with Gasteiger partial charge in [-0.25, -0.2) is 0 Å². The Morgan fingerprint density at radius 3 is 2.87 bits per heavy atom. The number of nitrogens with one attached hydrogen (secondary N) is 1. The number of hydrogen-bond acceptors (Lipinski definition) is 3. The number of nitrogens with zero attached hydrogens (tertiary/aromatic N) is 3. The normalized spacial score (nSPS) is 9.80. The highest BCUT2D eigenvalue weighted by Gasteiger charge is 2.06. The Bertz CT molecular complexity index is 467. The Kier molecular flexibility index (Phi) is 2.75. The molecule has 0 bridgehead atoms. The molecular formula is C11H10N4. The Morgan fingerprint density at radius 1 is 1.33 bits per heavy atom. The molecule has 0 aromatic carbocycles. The van der Waals surface area contributed by atoms with Gasteiger partial charge in [-0.3, -0.25) is 10.1 Å². The van der Waals surface area contributed by atoms with Gasteiger partial charge >= 0.3 is 0 Å². The third-order valence-corrected chi connectivity index (χ3v) is 2.19. The maximum Gasteiger partial charge on any atom is 0.0683 e. The number of nitriles is 1. The van der Waals surface area contributed by atoms with Gasteiger partial charge < -0.3 is 0 Å². The van der Waals surface area contributed by atoms with Crippen LogP contribution in [0.3, 0.4) is 0 Å². The molecule has 0 fully saturated rings. The van der Waals surface area contributed by atoms with Gasteiger partial charge in [-0.15, -0.1) is 0 Å². The minimum Gasteiger partial charge on any atom is -0.278 e. The lowest BCUT2D eigenvalue weighted by Crippen LogP contribution is -1.86. The third kappa shape index (κ3) is 2.02. The molecule has 0 amide bonds. The van der Waals surface area contributed by atoms with E-state index in [0.29, 0.717) is 6.42 Å². The highest BCUT2D eigenvalue weighted by molar-refractivity contribution is 5.61. The average Bonchev–Trinajstić information content (AvgIpc) is 2.75. The van der Waals surface area contributed by atoms with E-state index in [1.807, 2.05) is 12.1 Å². The lowest BCUT2D eigenvalue weighted by Gasteiger charge is -2.00. The molecule has 0 spiro atoms. The van der Waals surface area contributed by atoms with E-state index < -0.39 is 0 Å². The summed E-state index contributed by atoms with van der Waals surface area (Å²) in [6.45, 7) is 0. The fraction of sp³-hybridized carbons (Fsp3) is 0.182. The van der Waals surface area contributed by atoms with Crippen LogP contribution in [0.15, 0.2) is 30.7 Å². The molecule has 2 rings (SSSR count). The summed E-state index contributed by atoms with van der Waals surface area (Å²) in [5, 5.41) is 15.5. The Hall–Kier alpha value is -2.15. The first-order valence-electron chi connectivity index (χ1n) is 4.71. The molecule has 0 aliphatic carbocycles. The Morgan fingerprint density at radius 2 is 2.13 bits per heavy atom. The van der Waals surface area contributed by atoms with Crippen LogP contribution in [0.4, 0.5) is 0 Å². The van der Waals surface area contributed by atoms with Gasteiger partial charge in [0.15, 0.2) is 0 Å². The number of rotatable bonds is 3. The van der Waals surface area contributed by atoms with E-state index in [4.69, 9.17) is 5.26 Å². The van der Waals surface area contributed by atoms with Gasteiger partial charge in [0.2, 0.25) is 0 Å². The zero-order chi connectivity index (χ0) is 10.5. The van der Waals surface area contributed by atoms with E-state index in [0.717, 1.165) is 23.2 Å². The largest absolute Gasteiger partial charge is 0.278 e. The summed E-state index contributed by atoms with van der Waals surface area (Å²) in [7, 11) is 0. The van der Waals surface area contributed by atoms with Crippen LogP contribution in [0.1, 0.15) is 12.0 Å². The molecule has 1 N–H and O–H groups in total. The predicted molar refractivity (Wildman–Crippen MR) is 55.8 cm³/mol. The summed E-state index contributed by atoms with van der Waals surface area (Å²) in [5.41, 5.74) is 3.10. The molecule has 2 aromatic heterocycles. The summed E-state index contributed by atoms with van der Waals surface area (Å²) in [4.78, 5) is 3.96. The Labute approximate surface area is 87.6 Å². The first kappa shape index (κ1) is 9.41. The van der Waals surface area contributed by atoms with Gasteiger partial charge in [-0.2, -0.15) is 10.4 Å². The first-order chi connectivity index (χ1) is 7.42. The van der Waals surface area contributed by atoms with Crippen LogP contribution < -0.4 is 0 Å². The minimum absolute atomic E-state index is 0.512. The molecule has 0 radical (unpaired) electrons. The van der Waals surface area contributed by atoms with E-state index in [1.165, 1.54) is 0 Å². The third-order valence-electron chi connectivity index (χ3n) is 2.19. The molecular weight excluding hydrogens is 188 g/mol. The minimum atomic E-state index is 0.512. The predicted octanol–water partition coefficient (Wildman–Crippen LogP) is 1.93. The van der Waals surface area contributed by atoms with Gasteiger partial charge in [0.1, 0.15) is 0 Å². The number of H-pyrrole nitrogens is 1. The van der Waals surface area contributed by atoms with Gasteiger partial charge in [0.05, 0.1) is 18.0 Å². The van der Waals surface area contributed by atoms with Crippen molar-refractivity contribution in [1.29, 1.82) is 5.26 Å². The summed E-state index contributed by atoms with van der Waals surface area (Å²) in [6.07, 6.45) is 6.49. The van der Waals surface area contributed by atoms with Gasteiger partial charge in [0, 0.05) is 24.4 Å². The quantitative estimate of drug-likeness (QED) is 0.819. The van der Waals surface area contributed by atoms with Crippen LogP contribution in [-0.4, -0.2) is 15.2 Å². The number of pyridine rings is 1. The molecule has 0 aliphatic rings. The van der Waals surface area contributed by atoms with Crippen molar-refractivity contribution in [2.45, 2.75) is 12.8 Å². The maximum absolute atomic E-state index is 8.54. The van der Waals surface area contributed by atoms with Crippen molar-refractivity contribution in [2.24, 2.45) is 0 Å². The molecule has 4 nitrogen and oxygen atoms in total. The molecule has 0 saturated heterocycles. The second kappa shape index (κ2) is 4.38. The molecule has 0 atom stereocenters. The molecule has 74 valence electrons. The molecule has 2 aromatic rings. The lowest BCUT2D eigenvalue weighted by atomic mass is 10.1. The van der Waals surface area contributed by atoms with E-state index in [-0.39, 0.29) is 0 Å². The Balaban J connectivity index is 2.30. The standard InChI is InChI=1S/C11H10N4/c12-5-1-2-10-8-14-15-11(10)9-3-6-13-7-4-9/h3-4,6-8H,1-2H2,(H,14,15). The molecule has 0 unspecified atom stereocenters. The zero-order valence-corrected chi connectivity index (χ0v) is 8.14. The number of aromatic amines is 1. The van der Waals surface area contributed by atoms with Gasteiger partial charge in [-0.05, 0) is 24.1 Å². The van der Waals surface area contributed by atoms with Crippen LogP contribution in [0.2, 0.25) is 0 Å². The highest BCUT2D eigenvalue weighted by Crippen LogP contribution is 2.20.